The average molecular weight is 300 g/mol. The molecular formula is C17H20N2OS. The van der Waals surface area contributed by atoms with Crippen molar-refractivity contribution >= 4 is 23.4 Å². The first-order chi connectivity index (χ1) is 10.2. The maximum atomic E-state index is 11.9. The number of hydrogen-bond donors (Lipinski definition) is 1. The lowest BCUT2D eigenvalue weighted by atomic mass is 10.1. The van der Waals surface area contributed by atoms with Gasteiger partial charge in [-0.25, -0.2) is 4.98 Å². The lowest BCUT2D eigenvalue weighted by Gasteiger charge is -2.06. The molecule has 3 nitrogen and oxygen atoms in total. The second-order valence-electron chi connectivity index (χ2n) is 4.81. The summed E-state index contributed by atoms with van der Waals surface area (Å²) in [6.07, 6.45) is 5.95. The molecule has 0 saturated carbocycles. The molecule has 110 valence electrons. The number of aromatic nitrogens is 1. The predicted octanol–water partition coefficient (Wildman–Crippen LogP) is 3.94. The molecule has 0 fully saturated rings. The summed E-state index contributed by atoms with van der Waals surface area (Å²) < 4.78 is 0. The topological polar surface area (TPSA) is 42.0 Å². The fraction of sp³-hybridized carbons (Fsp3) is 0.294. The smallest absolute Gasteiger partial charge is 0.224 e. The molecule has 1 aromatic carbocycles. The van der Waals surface area contributed by atoms with Crippen LogP contribution in [-0.2, 0) is 17.6 Å². The van der Waals surface area contributed by atoms with Gasteiger partial charge in [-0.15, -0.1) is 11.8 Å². The Kier molecular flexibility index (Phi) is 5.81. The number of hydrogen-bond acceptors (Lipinski definition) is 3. The van der Waals surface area contributed by atoms with Crippen LogP contribution in [0.2, 0.25) is 0 Å². The van der Waals surface area contributed by atoms with Crippen molar-refractivity contribution in [3.8, 4) is 0 Å². The molecule has 1 N–H and O–H groups in total. The van der Waals surface area contributed by atoms with E-state index in [1.807, 2.05) is 18.4 Å². The van der Waals surface area contributed by atoms with Crippen molar-refractivity contribution < 1.29 is 4.79 Å². The molecule has 0 aliphatic carbocycles. The van der Waals surface area contributed by atoms with E-state index in [4.69, 9.17) is 0 Å². The molecule has 0 spiro atoms. The van der Waals surface area contributed by atoms with Gasteiger partial charge in [0.05, 0.1) is 16.9 Å². The van der Waals surface area contributed by atoms with Crippen molar-refractivity contribution in [1.82, 2.24) is 4.98 Å². The van der Waals surface area contributed by atoms with E-state index < -0.39 is 0 Å². The van der Waals surface area contributed by atoms with E-state index in [0.717, 1.165) is 23.6 Å². The molecule has 1 heterocycles. The van der Waals surface area contributed by atoms with Gasteiger partial charge in [0, 0.05) is 6.42 Å². The zero-order valence-corrected chi connectivity index (χ0v) is 13.2. The van der Waals surface area contributed by atoms with Gasteiger partial charge in [0.25, 0.3) is 0 Å². The van der Waals surface area contributed by atoms with Crippen LogP contribution in [0.3, 0.4) is 0 Å². The van der Waals surface area contributed by atoms with Gasteiger partial charge in [0.2, 0.25) is 5.91 Å². The number of carbonyl (C=O) groups is 1. The van der Waals surface area contributed by atoms with Crippen LogP contribution in [0.15, 0.2) is 47.6 Å². The highest BCUT2D eigenvalue weighted by atomic mass is 32.2. The summed E-state index contributed by atoms with van der Waals surface area (Å²) in [5.74, 6) is 0.0215. The summed E-state index contributed by atoms with van der Waals surface area (Å²) in [5.41, 5.74) is 3.26. The highest BCUT2D eigenvalue weighted by molar-refractivity contribution is 7.98. The SMILES string of the molecule is CCc1ccc(CCC(=O)Nc2ccc(SC)nc2)cc1. The van der Waals surface area contributed by atoms with E-state index in [0.29, 0.717) is 6.42 Å². The molecular weight excluding hydrogens is 280 g/mol. The summed E-state index contributed by atoms with van der Waals surface area (Å²) in [4.78, 5) is 16.2. The minimum atomic E-state index is 0.0215. The lowest BCUT2D eigenvalue weighted by molar-refractivity contribution is -0.116. The predicted molar refractivity (Wildman–Crippen MR) is 88.8 cm³/mol. The van der Waals surface area contributed by atoms with Gasteiger partial charge in [-0.3, -0.25) is 4.79 Å². The number of anilines is 1. The van der Waals surface area contributed by atoms with E-state index >= 15 is 0 Å². The van der Waals surface area contributed by atoms with Gasteiger partial charge in [-0.05, 0) is 42.4 Å². The summed E-state index contributed by atoms with van der Waals surface area (Å²) >= 11 is 1.58. The van der Waals surface area contributed by atoms with Crippen molar-refractivity contribution in [1.29, 1.82) is 0 Å². The third kappa shape index (κ3) is 4.90. The number of pyridine rings is 1. The molecule has 1 aromatic heterocycles. The number of amides is 1. The number of carbonyl (C=O) groups excluding carboxylic acids is 1. The van der Waals surface area contributed by atoms with Gasteiger partial charge in [-0.1, -0.05) is 31.2 Å². The van der Waals surface area contributed by atoms with Crippen molar-refractivity contribution in [2.45, 2.75) is 31.2 Å². The first-order valence-electron chi connectivity index (χ1n) is 7.09. The first-order valence-corrected chi connectivity index (χ1v) is 8.31. The summed E-state index contributed by atoms with van der Waals surface area (Å²) in [7, 11) is 0. The standard InChI is InChI=1S/C17H20N2OS/c1-3-13-4-6-14(7-5-13)8-10-16(20)19-15-9-11-17(21-2)18-12-15/h4-7,9,11-12H,3,8,10H2,1-2H3,(H,19,20). The van der Waals surface area contributed by atoms with Gasteiger partial charge >= 0.3 is 0 Å². The quantitative estimate of drug-likeness (QED) is 0.822. The van der Waals surface area contributed by atoms with Crippen molar-refractivity contribution in [3.63, 3.8) is 0 Å². The molecule has 4 heteroatoms. The van der Waals surface area contributed by atoms with Crippen molar-refractivity contribution in [2.24, 2.45) is 0 Å². The van der Waals surface area contributed by atoms with Crippen molar-refractivity contribution in [3.05, 3.63) is 53.7 Å². The van der Waals surface area contributed by atoms with Gasteiger partial charge in [0.15, 0.2) is 0 Å². The third-order valence-electron chi connectivity index (χ3n) is 3.30. The maximum absolute atomic E-state index is 11.9. The van der Waals surface area contributed by atoms with Crippen LogP contribution in [0.4, 0.5) is 5.69 Å². The largest absolute Gasteiger partial charge is 0.325 e. The molecule has 0 saturated heterocycles. The van der Waals surface area contributed by atoms with E-state index in [9.17, 15) is 4.79 Å². The second-order valence-corrected chi connectivity index (χ2v) is 5.63. The van der Waals surface area contributed by atoms with Gasteiger partial charge < -0.3 is 5.32 Å². The summed E-state index contributed by atoms with van der Waals surface area (Å²) in [6.45, 7) is 2.14. The first kappa shape index (κ1) is 15.6. The fourth-order valence-electron chi connectivity index (χ4n) is 2.00. The van der Waals surface area contributed by atoms with E-state index in [2.05, 4.69) is 41.5 Å². The maximum Gasteiger partial charge on any atom is 0.224 e. The Bertz CT molecular complexity index is 579. The second kappa shape index (κ2) is 7.84. The van der Waals surface area contributed by atoms with Gasteiger partial charge in [-0.2, -0.15) is 0 Å². The van der Waals surface area contributed by atoms with Crippen LogP contribution in [0.25, 0.3) is 0 Å². The molecule has 0 aliphatic rings. The van der Waals surface area contributed by atoms with Gasteiger partial charge in [0.1, 0.15) is 0 Å². The van der Waals surface area contributed by atoms with Crippen LogP contribution < -0.4 is 5.32 Å². The molecule has 2 rings (SSSR count). The Hall–Kier alpha value is -1.81. The normalized spacial score (nSPS) is 10.4. The average Bonchev–Trinajstić information content (AvgIpc) is 2.54. The van der Waals surface area contributed by atoms with Crippen LogP contribution in [0.1, 0.15) is 24.5 Å². The molecule has 1 amide bonds. The summed E-state index contributed by atoms with van der Waals surface area (Å²) in [5, 5.41) is 3.82. The minimum absolute atomic E-state index is 0.0215. The highest BCUT2D eigenvalue weighted by Crippen LogP contribution is 2.14. The molecule has 0 aliphatic heterocycles. The monoisotopic (exact) mass is 300 g/mol. The molecule has 0 atom stereocenters. The summed E-state index contributed by atoms with van der Waals surface area (Å²) in [6, 6.07) is 12.2. The van der Waals surface area contributed by atoms with Crippen LogP contribution in [0, 0.1) is 0 Å². The van der Waals surface area contributed by atoms with Crippen molar-refractivity contribution in [2.75, 3.05) is 11.6 Å². The minimum Gasteiger partial charge on any atom is -0.325 e. The Morgan fingerprint density at radius 3 is 2.43 bits per heavy atom. The Morgan fingerprint density at radius 2 is 1.86 bits per heavy atom. The van der Waals surface area contributed by atoms with Crippen LogP contribution in [0.5, 0.6) is 0 Å². The fourth-order valence-corrected chi connectivity index (χ4v) is 2.36. The zero-order valence-electron chi connectivity index (χ0n) is 12.4. The Labute approximate surface area is 130 Å². The lowest BCUT2D eigenvalue weighted by Crippen LogP contribution is -2.12. The van der Waals surface area contributed by atoms with E-state index in [-0.39, 0.29) is 5.91 Å². The van der Waals surface area contributed by atoms with E-state index in [1.165, 1.54) is 11.1 Å². The number of thioether (sulfide) groups is 1. The molecule has 21 heavy (non-hydrogen) atoms. The molecule has 0 unspecified atom stereocenters. The Balaban J connectivity index is 1.83. The number of nitrogens with zero attached hydrogens (tertiary/aromatic N) is 1. The molecule has 2 aromatic rings. The van der Waals surface area contributed by atoms with Crippen LogP contribution >= 0.6 is 11.8 Å². The number of rotatable bonds is 6. The van der Waals surface area contributed by atoms with Crippen LogP contribution in [-0.4, -0.2) is 17.1 Å². The Morgan fingerprint density at radius 1 is 1.14 bits per heavy atom. The molecule has 0 bridgehead atoms. The highest BCUT2D eigenvalue weighted by Gasteiger charge is 2.04. The molecule has 0 radical (unpaired) electrons. The third-order valence-corrected chi connectivity index (χ3v) is 3.96. The number of aryl methyl sites for hydroxylation is 2. The zero-order chi connectivity index (χ0) is 15.1. The van der Waals surface area contributed by atoms with E-state index in [1.54, 1.807) is 18.0 Å². The number of nitrogens with one attached hydrogen (secondary N) is 1. The number of benzene rings is 1.